The third-order valence-electron chi connectivity index (χ3n) is 9.07. The summed E-state index contributed by atoms with van der Waals surface area (Å²) in [5.41, 5.74) is 0. The molecule has 60 heavy (non-hydrogen) atoms. The van der Waals surface area contributed by atoms with E-state index in [0.717, 1.165) is 109 Å². The lowest BCUT2D eigenvalue weighted by atomic mass is 10.1. The molecule has 0 bridgehead atoms. The lowest BCUT2D eigenvalue weighted by Crippen LogP contribution is -2.37. The van der Waals surface area contributed by atoms with Crippen LogP contribution in [0.2, 0.25) is 0 Å². The van der Waals surface area contributed by atoms with Crippen molar-refractivity contribution in [2.75, 3.05) is 47.5 Å². The fraction of sp³-hybridized carbons (Fsp3) is 0.640. The summed E-state index contributed by atoms with van der Waals surface area (Å²) in [4.78, 5) is 37.6. The quantitative estimate of drug-likeness (QED) is 0.0197. The van der Waals surface area contributed by atoms with E-state index in [9.17, 15) is 19.0 Å². The van der Waals surface area contributed by atoms with Crippen molar-refractivity contribution >= 4 is 19.8 Å². The molecular formula is C50H84NO8P. The van der Waals surface area contributed by atoms with Crippen LogP contribution in [0.25, 0.3) is 0 Å². The fourth-order valence-corrected chi connectivity index (χ4v) is 6.25. The molecule has 0 N–H and O–H groups in total. The highest BCUT2D eigenvalue weighted by Gasteiger charge is 2.21. The highest BCUT2D eigenvalue weighted by atomic mass is 31.2. The maximum absolute atomic E-state index is 12.7. The summed E-state index contributed by atoms with van der Waals surface area (Å²) in [6.07, 6.45) is 54.3. The number of ether oxygens (including phenoxy) is 2. The number of nitrogens with zero attached hydrogens (tertiary/aromatic N) is 1. The van der Waals surface area contributed by atoms with Crippen molar-refractivity contribution in [3.05, 3.63) is 97.2 Å². The van der Waals surface area contributed by atoms with E-state index in [-0.39, 0.29) is 26.1 Å². The van der Waals surface area contributed by atoms with Crippen molar-refractivity contribution in [2.45, 2.75) is 161 Å². The molecule has 0 heterocycles. The van der Waals surface area contributed by atoms with Crippen LogP contribution in [0.5, 0.6) is 0 Å². The van der Waals surface area contributed by atoms with Crippen LogP contribution in [-0.4, -0.2) is 70.0 Å². The zero-order valence-electron chi connectivity index (χ0n) is 38.4. The van der Waals surface area contributed by atoms with E-state index in [1.54, 1.807) is 0 Å². The maximum Gasteiger partial charge on any atom is 0.306 e. The van der Waals surface area contributed by atoms with E-state index >= 15 is 0 Å². The largest absolute Gasteiger partial charge is 0.756 e. The van der Waals surface area contributed by atoms with Gasteiger partial charge in [-0.05, 0) is 89.9 Å². The molecule has 0 rings (SSSR count). The normalized spacial score (nSPS) is 14.4. The number of phosphoric acid groups is 1. The molecule has 0 amide bonds. The summed E-state index contributed by atoms with van der Waals surface area (Å²) >= 11 is 0. The van der Waals surface area contributed by atoms with Gasteiger partial charge in [0, 0.05) is 12.8 Å². The van der Waals surface area contributed by atoms with E-state index in [1.807, 2.05) is 21.1 Å². The second-order valence-corrected chi connectivity index (χ2v) is 17.4. The zero-order valence-corrected chi connectivity index (χ0v) is 39.3. The first kappa shape index (κ1) is 56.9. The molecule has 0 fully saturated rings. The van der Waals surface area contributed by atoms with Gasteiger partial charge in [0.15, 0.2) is 6.10 Å². The minimum atomic E-state index is -4.64. The summed E-state index contributed by atoms with van der Waals surface area (Å²) in [5.74, 6) is -0.891. The van der Waals surface area contributed by atoms with E-state index in [0.29, 0.717) is 23.9 Å². The molecule has 0 aliphatic heterocycles. The van der Waals surface area contributed by atoms with Gasteiger partial charge in [-0.2, -0.15) is 0 Å². The minimum absolute atomic E-state index is 0.0444. The van der Waals surface area contributed by atoms with Crippen LogP contribution in [0.1, 0.15) is 155 Å². The average Bonchev–Trinajstić information content (AvgIpc) is 3.20. The topological polar surface area (TPSA) is 111 Å². The molecule has 0 radical (unpaired) electrons. The first-order valence-electron chi connectivity index (χ1n) is 22.9. The number of quaternary nitrogens is 1. The SMILES string of the molecule is CC/C=C\C/C=C\C/C=C\C/C=C\C/C=C\C/C=C\CCCCCCC(=O)OC(COC(=O)CCCCCCC/C=C\C/C=C\CCC)COP(=O)([O-])OCC[N+](C)(C)C. The van der Waals surface area contributed by atoms with Crippen molar-refractivity contribution in [1.82, 2.24) is 0 Å². The number of allylic oxidation sites excluding steroid dienone is 16. The molecule has 10 heteroatoms. The number of carbonyl (C=O) groups is 2. The lowest BCUT2D eigenvalue weighted by molar-refractivity contribution is -0.870. The summed E-state index contributed by atoms with van der Waals surface area (Å²) in [7, 11) is 1.12. The van der Waals surface area contributed by atoms with Crippen molar-refractivity contribution < 1.29 is 42.1 Å². The number of carbonyl (C=O) groups excluding carboxylic acids is 2. The summed E-state index contributed by atoms with van der Waals surface area (Å²) in [6, 6.07) is 0. The minimum Gasteiger partial charge on any atom is -0.756 e. The van der Waals surface area contributed by atoms with Gasteiger partial charge in [0.05, 0.1) is 27.7 Å². The van der Waals surface area contributed by atoms with Crippen LogP contribution in [0.4, 0.5) is 0 Å². The Kier molecular flexibility index (Phi) is 39.2. The Morgan fingerprint density at radius 2 is 0.950 bits per heavy atom. The fourth-order valence-electron chi connectivity index (χ4n) is 5.52. The molecule has 0 aliphatic rings. The second kappa shape index (κ2) is 41.3. The standard InChI is InChI=1S/C50H84NO8P/c1-6-8-10-12-14-16-18-20-21-22-23-24-25-26-27-28-29-31-33-35-37-39-41-43-50(53)59-48(47-58-60(54,55)57-45-44-51(3,4)5)46-56-49(52)42-40-38-36-34-32-30-19-17-15-13-11-9-7-2/h8,10-11,13-14,16-17,19-21,23-24,26-27,29,31,48H,6-7,9,12,15,18,22,25,28,30,32-47H2,1-5H3/b10-8-,13-11-,16-14-,19-17-,21-20-,24-23-,27-26-,31-29-. The Morgan fingerprint density at radius 1 is 0.533 bits per heavy atom. The Labute approximate surface area is 366 Å². The Bertz CT molecular complexity index is 1340. The summed E-state index contributed by atoms with van der Waals surface area (Å²) < 4.78 is 33.9. The second-order valence-electron chi connectivity index (χ2n) is 16.0. The molecule has 0 aliphatic carbocycles. The molecule has 0 saturated heterocycles. The van der Waals surface area contributed by atoms with Gasteiger partial charge < -0.3 is 27.9 Å². The van der Waals surface area contributed by atoms with Gasteiger partial charge in [-0.15, -0.1) is 0 Å². The molecule has 2 atom stereocenters. The van der Waals surface area contributed by atoms with Crippen LogP contribution < -0.4 is 4.89 Å². The van der Waals surface area contributed by atoms with Gasteiger partial charge in [-0.25, -0.2) is 0 Å². The molecule has 0 aromatic carbocycles. The predicted octanol–water partition coefficient (Wildman–Crippen LogP) is 12.7. The van der Waals surface area contributed by atoms with Crippen molar-refractivity contribution in [3.8, 4) is 0 Å². The van der Waals surface area contributed by atoms with Crippen molar-refractivity contribution in [2.24, 2.45) is 0 Å². The number of hydrogen-bond acceptors (Lipinski definition) is 8. The number of unbranched alkanes of at least 4 members (excludes halogenated alkanes) is 10. The van der Waals surface area contributed by atoms with Crippen LogP contribution in [0.3, 0.4) is 0 Å². The Morgan fingerprint density at radius 3 is 1.42 bits per heavy atom. The third-order valence-corrected chi connectivity index (χ3v) is 10.0. The number of rotatable bonds is 40. The smallest absolute Gasteiger partial charge is 0.306 e. The van der Waals surface area contributed by atoms with Gasteiger partial charge in [0.2, 0.25) is 0 Å². The van der Waals surface area contributed by atoms with Crippen molar-refractivity contribution in [1.29, 1.82) is 0 Å². The van der Waals surface area contributed by atoms with E-state index in [1.165, 1.54) is 6.42 Å². The van der Waals surface area contributed by atoms with Gasteiger partial charge >= 0.3 is 11.9 Å². The van der Waals surface area contributed by atoms with Gasteiger partial charge in [-0.1, -0.05) is 150 Å². The first-order valence-corrected chi connectivity index (χ1v) is 24.4. The van der Waals surface area contributed by atoms with Gasteiger partial charge in [-0.3, -0.25) is 14.2 Å². The summed E-state index contributed by atoms with van der Waals surface area (Å²) in [6.45, 7) is 3.97. The number of phosphoric ester groups is 1. The number of likely N-dealkylation sites (N-methyl/N-ethyl adjacent to an activating group) is 1. The first-order chi connectivity index (χ1) is 29.0. The highest BCUT2D eigenvalue weighted by Crippen LogP contribution is 2.38. The third kappa shape index (κ3) is 44.5. The molecular weight excluding hydrogens is 774 g/mol. The highest BCUT2D eigenvalue weighted by molar-refractivity contribution is 7.45. The van der Waals surface area contributed by atoms with Crippen molar-refractivity contribution in [3.63, 3.8) is 0 Å². The molecule has 0 saturated carbocycles. The number of hydrogen-bond donors (Lipinski definition) is 0. The molecule has 9 nitrogen and oxygen atoms in total. The molecule has 0 aromatic heterocycles. The van der Waals surface area contributed by atoms with E-state index < -0.39 is 32.5 Å². The van der Waals surface area contributed by atoms with E-state index in [4.69, 9.17) is 18.5 Å². The van der Waals surface area contributed by atoms with Gasteiger partial charge in [0.1, 0.15) is 19.8 Å². The number of esters is 2. The Balaban J connectivity index is 4.41. The van der Waals surface area contributed by atoms with Crippen LogP contribution in [0, 0.1) is 0 Å². The van der Waals surface area contributed by atoms with E-state index in [2.05, 4.69) is 111 Å². The molecule has 342 valence electrons. The van der Waals surface area contributed by atoms with Crippen LogP contribution >= 0.6 is 7.82 Å². The molecule has 2 unspecified atom stereocenters. The zero-order chi connectivity index (χ0) is 44.3. The van der Waals surface area contributed by atoms with Gasteiger partial charge in [0.25, 0.3) is 7.82 Å². The monoisotopic (exact) mass is 858 g/mol. The molecule has 0 spiro atoms. The Hall–Kier alpha value is -3.07. The average molecular weight is 858 g/mol. The molecule has 0 aromatic rings. The van der Waals surface area contributed by atoms with Crippen LogP contribution in [-0.2, 0) is 32.7 Å². The summed E-state index contributed by atoms with van der Waals surface area (Å²) in [5, 5.41) is 0. The maximum atomic E-state index is 12.7. The van der Waals surface area contributed by atoms with Crippen LogP contribution in [0.15, 0.2) is 97.2 Å². The predicted molar refractivity (Wildman–Crippen MR) is 249 cm³/mol. The lowest BCUT2D eigenvalue weighted by Gasteiger charge is -2.28.